The molecule has 0 radical (unpaired) electrons. The summed E-state index contributed by atoms with van der Waals surface area (Å²) in [4.78, 5) is 10.7. The van der Waals surface area contributed by atoms with E-state index in [9.17, 15) is 13.6 Å². The Hall–Kier alpha value is -1.45. The minimum absolute atomic E-state index is 0.0711. The summed E-state index contributed by atoms with van der Waals surface area (Å²) in [6.45, 7) is 0. The fraction of sp³-hybridized carbons (Fsp3) is 0.462. The maximum absolute atomic E-state index is 13.7. The van der Waals surface area contributed by atoms with Crippen molar-refractivity contribution in [3.8, 4) is 0 Å². The summed E-state index contributed by atoms with van der Waals surface area (Å²) in [6.07, 6.45) is 1.77. The quantitative estimate of drug-likeness (QED) is 0.856. The lowest BCUT2D eigenvalue weighted by Crippen LogP contribution is -2.29. The van der Waals surface area contributed by atoms with Crippen molar-refractivity contribution in [3.63, 3.8) is 0 Å². The molecule has 1 aromatic carbocycles. The number of carboxylic acids is 1. The molecule has 92 valence electrons. The second kappa shape index (κ2) is 4.43. The average molecular weight is 240 g/mol. The van der Waals surface area contributed by atoms with Gasteiger partial charge in [-0.15, -0.1) is 0 Å². The average Bonchev–Trinajstić information content (AvgIpc) is 2.28. The van der Waals surface area contributed by atoms with Crippen LogP contribution in [0.5, 0.6) is 0 Å². The van der Waals surface area contributed by atoms with E-state index in [0.717, 1.165) is 6.42 Å². The summed E-state index contributed by atoms with van der Waals surface area (Å²) in [7, 11) is 0. The van der Waals surface area contributed by atoms with Crippen molar-refractivity contribution < 1.29 is 18.7 Å². The molecule has 1 N–H and O–H groups in total. The molecule has 2 nitrogen and oxygen atoms in total. The summed E-state index contributed by atoms with van der Waals surface area (Å²) < 4.78 is 27.4. The third-order valence-electron chi connectivity index (χ3n) is 3.32. The van der Waals surface area contributed by atoms with Gasteiger partial charge in [-0.1, -0.05) is 18.6 Å². The monoisotopic (exact) mass is 240 g/mol. The molecule has 0 bridgehead atoms. The van der Waals surface area contributed by atoms with Crippen LogP contribution >= 0.6 is 0 Å². The molecule has 2 rings (SSSR count). The Morgan fingerprint density at radius 1 is 1.24 bits per heavy atom. The van der Waals surface area contributed by atoms with Crippen molar-refractivity contribution >= 4 is 5.97 Å². The Balaban J connectivity index is 2.24. The molecule has 1 aromatic rings. The first kappa shape index (κ1) is 12.0. The topological polar surface area (TPSA) is 37.3 Å². The maximum atomic E-state index is 13.7. The molecule has 0 aliphatic heterocycles. The number of halogens is 2. The first-order valence-corrected chi connectivity index (χ1v) is 5.72. The number of hydrogen-bond acceptors (Lipinski definition) is 1. The van der Waals surface area contributed by atoms with Gasteiger partial charge < -0.3 is 5.11 Å². The fourth-order valence-electron chi connectivity index (χ4n) is 2.36. The van der Waals surface area contributed by atoms with Gasteiger partial charge in [-0.05, 0) is 30.5 Å². The lowest BCUT2D eigenvalue weighted by molar-refractivity contribution is -0.0547. The summed E-state index contributed by atoms with van der Waals surface area (Å²) in [5.74, 6) is -4.46. The molecule has 1 saturated carbocycles. The molecule has 17 heavy (non-hydrogen) atoms. The zero-order valence-electron chi connectivity index (χ0n) is 9.33. The highest BCUT2D eigenvalue weighted by Gasteiger charge is 2.42. The highest BCUT2D eigenvalue weighted by atomic mass is 19.3. The molecule has 0 heterocycles. The molecular weight excluding hydrogens is 226 g/mol. The van der Waals surface area contributed by atoms with Gasteiger partial charge in [-0.3, -0.25) is 0 Å². The maximum Gasteiger partial charge on any atom is 0.335 e. The van der Waals surface area contributed by atoms with Crippen molar-refractivity contribution in [2.45, 2.75) is 37.5 Å². The molecule has 1 atom stereocenters. The van der Waals surface area contributed by atoms with E-state index >= 15 is 0 Å². The summed E-state index contributed by atoms with van der Waals surface area (Å²) in [5.41, 5.74) is 0.674. The molecular formula is C13H14F2O2. The van der Waals surface area contributed by atoms with Crippen LogP contribution in [0.3, 0.4) is 0 Å². The normalized spacial score (nSPS) is 23.3. The van der Waals surface area contributed by atoms with E-state index in [1.165, 1.54) is 24.3 Å². The van der Waals surface area contributed by atoms with Crippen molar-refractivity contribution in [1.82, 2.24) is 0 Å². The smallest absolute Gasteiger partial charge is 0.335 e. The van der Waals surface area contributed by atoms with Crippen LogP contribution in [0.4, 0.5) is 8.78 Å². The lowest BCUT2D eigenvalue weighted by Gasteiger charge is -2.31. The van der Waals surface area contributed by atoms with Gasteiger partial charge in [-0.25, -0.2) is 13.6 Å². The third kappa shape index (κ3) is 2.46. The molecule has 1 aliphatic carbocycles. The second-order valence-electron chi connectivity index (χ2n) is 4.49. The predicted octanol–water partition coefficient (Wildman–Crippen LogP) is 3.68. The Morgan fingerprint density at radius 3 is 2.41 bits per heavy atom. The molecule has 0 spiro atoms. The van der Waals surface area contributed by atoms with Crippen LogP contribution < -0.4 is 0 Å². The van der Waals surface area contributed by atoms with Crippen LogP contribution in [-0.4, -0.2) is 17.0 Å². The molecule has 0 saturated heterocycles. The van der Waals surface area contributed by atoms with Crippen molar-refractivity contribution in [3.05, 3.63) is 35.4 Å². The Kier molecular flexibility index (Phi) is 3.13. The van der Waals surface area contributed by atoms with E-state index in [0.29, 0.717) is 18.4 Å². The predicted molar refractivity (Wildman–Crippen MR) is 59.6 cm³/mol. The SMILES string of the molecule is O=C(O)c1ccc(C2CCCCC2(F)F)cc1. The van der Waals surface area contributed by atoms with Crippen LogP contribution in [0.15, 0.2) is 24.3 Å². The summed E-state index contributed by atoms with van der Waals surface area (Å²) in [6, 6.07) is 5.80. The van der Waals surface area contributed by atoms with Gasteiger partial charge in [0.15, 0.2) is 0 Å². The van der Waals surface area contributed by atoms with Gasteiger partial charge in [0.1, 0.15) is 0 Å². The van der Waals surface area contributed by atoms with Crippen LogP contribution in [0.2, 0.25) is 0 Å². The molecule has 1 aliphatic rings. The number of carbonyl (C=O) groups is 1. The number of alkyl halides is 2. The number of rotatable bonds is 2. The van der Waals surface area contributed by atoms with E-state index < -0.39 is 17.8 Å². The molecule has 1 unspecified atom stereocenters. The van der Waals surface area contributed by atoms with Crippen LogP contribution in [-0.2, 0) is 0 Å². The highest BCUT2D eigenvalue weighted by molar-refractivity contribution is 5.87. The lowest BCUT2D eigenvalue weighted by atomic mass is 9.81. The minimum atomic E-state index is -2.66. The number of benzene rings is 1. The number of carboxylic acid groups (broad SMARTS) is 1. The van der Waals surface area contributed by atoms with Crippen LogP contribution in [0.25, 0.3) is 0 Å². The van der Waals surface area contributed by atoms with Gasteiger partial charge in [0.25, 0.3) is 5.92 Å². The van der Waals surface area contributed by atoms with E-state index in [4.69, 9.17) is 5.11 Å². The zero-order chi connectivity index (χ0) is 12.5. The Bertz CT molecular complexity index is 412. The number of aromatic carboxylic acids is 1. The zero-order valence-corrected chi connectivity index (χ0v) is 9.33. The molecule has 0 aromatic heterocycles. The minimum Gasteiger partial charge on any atom is -0.478 e. The fourth-order valence-corrected chi connectivity index (χ4v) is 2.36. The largest absolute Gasteiger partial charge is 0.478 e. The Morgan fingerprint density at radius 2 is 1.88 bits per heavy atom. The van der Waals surface area contributed by atoms with E-state index in [1.54, 1.807) is 0 Å². The molecule has 0 amide bonds. The molecule has 1 fully saturated rings. The van der Waals surface area contributed by atoms with Crippen molar-refractivity contribution in [2.24, 2.45) is 0 Å². The molecule has 4 heteroatoms. The summed E-state index contributed by atoms with van der Waals surface area (Å²) in [5, 5.41) is 8.74. The van der Waals surface area contributed by atoms with E-state index in [-0.39, 0.29) is 12.0 Å². The first-order valence-electron chi connectivity index (χ1n) is 5.72. The van der Waals surface area contributed by atoms with E-state index in [2.05, 4.69) is 0 Å². The van der Waals surface area contributed by atoms with Gasteiger partial charge in [-0.2, -0.15) is 0 Å². The van der Waals surface area contributed by atoms with Crippen molar-refractivity contribution in [2.75, 3.05) is 0 Å². The standard InChI is InChI=1S/C13H14F2O2/c14-13(15)8-2-1-3-11(13)9-4-6-10(7-5-9)12(16)17/h4-7,11H,1-3,8H2,(H,16,17). The van der Waals surface area contributed by atoms with Gasteiger partial charge in [0, 0.05) is 12.3 Å². The highest BCUT2D eigenvalue weighted by Crippen LogP contribution is 2.44. The number of hydrogen-bond donors (Lipinski definition) is 1. The third-order valence-corrected chi connectivity index (χ3v) is 3.32. The van der Waals surface area contributed by atoms with Gasteiger partial charge in [0.2, 0.25) is 0 Å². The van der Waals surface area contributed by atoms with Gasteiger partial charge in [0.05, 0.1) is 5.56 Å². The first-order chi connectivity index (χ1) is 8.00. The van der Waals surface area contributed by atoms with E-state index in [1.807, 2.05) is 0 Å². The second-order valence-corrected chi connectivity index (χ2v) is 4.49. The summed E-state index contributed by atoms with van der Waals surface area (Å²) >= 11 is 0. The van der Waals surface area contributed by atoms with Crippen LogP contribution in [0.1, 0.15) is 47.5 Å². The van der Waals surface area contributed by atoms with Gasteiger partial charge >= 0.3 is 5.97 Å². The van der Waals surface area contributed by atoms with Crippen molar-refractivity contribution in [1.29, 1.82) is 0 Å². The van der Waals surface area contributed by atoms with Crippen LogP contribution in [0, 0.1) is 0 Å². The Labute approximate surface area is 98.3 Å².